The van der Waals surface area contributed by atoms with Crippen molar-refractivity contribution in [3.8, 4) is 0 Å². The summed E-state index contributed by atoms with van der Waals surface area (Å²) in [6.07, 6.45) is 5.29. The predicted octanol–water partition coefficient (Wildman–Crippen LogP) is 3.13. The van der Waals surface area contributed by atoms with Crippen molar-refractivity contribution in [1.29, 1.82) is 0 Å². The van der Waals surface area contributed by atoms with Crippen LogP contribution in [0.4, 0.5) is 4.79 Å². The molecule has 2 saturated heterocycles. The van der Waals surface area contributed by atoms with Gasteiger partial charge in [0.05, 0.1) is 6.54 Å². The van der Waals surface area contributed by atoms with Crippen molar-refractivity contribution in [2.45, 2.75) is 63.3 Å². The molecule has 2 atom stereocenters. The van der Waals surface area contributed by atoms with Crippen molar-refractivity contribution in [1.82, 2.24) is 20.4 Å². The number of carbonyl (C=O) groups excluding carboxylic acids is 2. The van der Waals surface area contributed by atoms with Gasteiger partial charge in [-0.2, -0.15) is 0 Å². The third-order valence-electron chi connectivity index (χ3n) is 6.99. The third-order valence-corrected chi connectivity index (χ3v) is 8.01. The predicted molar refractivity (Wildman–Crippen MR) is 122 cm³/mol. The quantitative estimate of drug-likeness (QED) is 0.754. The first kappa shape index (κ1) is 20.5. The van der Waals surface area contributed by atoms with E-state index in [1.54, 1.807) is 11.3 Å². The maximum atomic E-state index is 12.5. The summed E-state index contributed by atoms with van der Waals surface area (Å²) in [6.45, 7) is 2.44. The van der Waals surface area contributed by atoms with Gasteiger partial charge >= 0.3 is 6.03 Å². The number of nitrogens with zero attached hydrogens (tertiary/aromatic N) is 2. The molecule has 0 saturated carbocycles. The minimum atomic E-state index is -0.220. The Morgan fingerprint density at radius 1 is 1.06 bits per heavy atom. The minimum absolute atomic E-state index is 0.00949. The van der Waals surface area contributed by atoms with Crippen molar-refractivity contribution in [2.24, 2.45) is 0 Å². The highest BCUT2D eigenvalue weighted by atomic mass is 32.1. The molecule has 164 valence electrons. The molecule has 2 aromatic rings. The van der Waals surface area contributed by atoms with Gasteiger partial charge in [-0.3, -0.25) is 9.69 Å². The maximum Gasteiger partial charge on any atom is 0.315 e. The Morgan fingerprint density at radius 2 is 1.84 bits per heavy atom. The van der Waals surface area contributed by atoms with Crippen LogP contribution in [-0.4, -0.2) is 53.0 Å². The van der Waals surface area contributed by atoms with Crippen LogP contribution in [0.2, 0.25) is 0 Å². The van der Waals surface area contributed by atoms with Gasteiger partial charge in [-0.15, -0.1) is 11.3 Å². The number of piperidine rings is 1. The van der Waals surface area contributed by atoms with E-state index in [1.165, 1.54) is 28.8 Å². The van der Waals surface area contributed by atoms with Gasteiger partial charge in [0.25, 0.3) is 0 Å². The number of rotatable bonds is 5. The zero-order valence-corrected chi connectivity index (χ0v) is 18.6. The van der Waals surface area contributed by atoms with Crippen molar-refractivity contribution >= 4 is 23.3 Å². The molecule has 2 unspecified atom stereocenters. The SMILES string of the molecule is O=C(NCC(=O)N1CCc2sccc2C1)NC1CC2CCC(C1)N2Cc1ccccc1. The van der Waals surface area contributed by atoms with Gasteiger partial charge in [0, 0.05) is 42.6 Å². The summed E-state index contributed by atoms with van der Waals surface area (Å²) in [5.41, 5.74) is 2.60. The second-order valence-corrected chi connectivity index (χ2v) is 9.97. The summed E-state index contributed by atoms with van der Waals surface area (Å²) in [7, 11) is 0. The Kier molecular flexibility index (Phi) is 5.96. The first-order valence-corrected chi connectivity index (χ1v) is 12.2. The van der Waals surface area contributed by atoms with Gasteiger partial charge in [0.15, 0.2) is 0 Å². The molecule has 3 amide bonds. The molecule has 31 heavy (non-hydrogen) atoms. The van der Waals surface area contributed by atoms with Crippen LogP contribution >= 0.6 is 11.3 Å². The Labute approximate surface area is 187 Å². The average molecular weight is 439 g/mol. The zero-order chi connectivity index (χ0) is 21.2. The van der Waals surface area contributed by atoms with Crippen molar-refractivity contribution in [3.05, 3.63) is 57.8 Å². The molecule has 5 rings (SSSR count). The minimum Gasteiger partial charge on any atom is -0.336 e. The molecule has 4 heterocycles. The topological polar surface area (TPSA) is 64.7 Å². The molecular weight excluding hydrogens is 408 g/mol. The van der Waals surface area contributed by atoms with E-state index in [1.807, 2.05) is 4.90 Å². The normalized spacial score (nSPS) is 25.2. The van der Waals surface area contributed by atoms with Gasteiger partial charge in [-0.25, -0.2) is 4.79 Å². The summed E-state index contributed by atoms with van der Waals surface area (Å²) in [4.78, 5) is 30.8. The van der Waals surface area contributed by atoms with Gasteiger partial charge in [0.1, 0.15) is 0 Å². The number of benzene rings is 1. The van der Waals surface area contributed by atoms with Crippen LogP contribution in [0.15, 0.2) is 41.8 Å². The van der Waals surface area contributed by atoms with Crippen LogP contribution in [0.5, 0.6) is 0 Å². The van der Waals surface area contributed by atoms with E-state index in [-0.39, 0.29) is 24.5 Å². The van der Waals surface area contributed by atoms with Crippen molar-refractivity contribution in [2.75, 3.05) is 13.1 Å². The molecule has 6 nitrogen and oxygen atoms in total. The molecule has 0 aliphatic carbocycles. The summed E-state index contributed by atoms with van der Waals surface area (Å²) in [6, 6.07) is 13.7. The fourth-order valence-electron chi connectivity index (χ4n) is 5.41. The van der Waals surface area contributed by atoms with Crippen LogP contribution < -0.4 is 10.6 Å². The molecule has 7 heteroatoms. The molecule has 2 fully saturated rings. The monoisotopic (exact) mass is 438 g/mol. The summed E-state index contributed by atoms with van der Waals surface area (Å²) in [5.74, 6) is -0.00949. The Balaban J connectivity index is 1.08. The molecule has 2 N–H and O–H groups in total. The summed E-state index contributed by atoms with van der Waals surface area (Å²) in [5, 5.41) is 8.01. The first-order chi connectivity index (χ1) is 15.2. The lowest BCUT2D eigenvalue weighted by molar-refractivity contribution is -0.130. The van der Waals surface area contributed by atoms with Crippen molar-refractivity contribution in [3.63, 3.8) is 0 Å². The Hall–Kier alpha value is -2.38. The van der Waals surface area contributed by atoms with Crippen LogP contribution in [0, 0.1) is 0 Å². The highest BCUT2D eigenvalue weighted by Gasteiger charge is 2.40. The number of nitrogens with one attached hydrogen (secondary N) is 2. The highest BCUT2D eigenvalue weighted by molar-refractivity contribution is 7.10. The number of hydrogen-bond acceptors (Lipinski definition) is 4. The Bertz CT molecular complexity index is 917. The number of thiophene rings is 1. The molecule has 3 aliphatic heterocycles. The first-order valence-electron chi connectivity index (χ1n) is 11.3. The third kappa shape index (κ3) is 4.62. The van der Waals surface area contributed by atoms with Crippen LogP contribution in [0.3, 0.4) is 0 Å². The number of hydrogen-bond donors (Lipinski definition) is 2. The van der Waals surface area contributed by atoms with Gasteiger partial charge in [0.2, 0.25) is 5.91 Å². The van der Waals surface area contributed by atoms with Crippen LogP contribution in [0.25, 0.3) is 0 Å². The smallest absolute Gasteiger partial charge is 0.315 e. The second-order valence-electron chi connectivity index (χ2n) is 8.97. The van der Waals surface area contributed by atoms with E-state index >= 15 is 0 Å². The summed E-state index contributed by atoms with van der Waals surface area (Å²) < 4.78 is 0. The molecule has 1 aromatic heterocycles. The number of urea groups is 1. The van der Waals surface area contributed by atoms with E-state index in [2.05, 4.69) is 57.3 Å². The maximum absolute atomic E-state index is 12.5. The average Bonchev–Trinajstić information content (AvgIpc) is 3.34. The summed E-state index contributed by atoms with van der Waals surface area (Å²) >= 11 is 1.76. The largest absolute Gasteiger partial charge is 0.336 e. The zero-order valence-electron chi connectivity index (χ0n) is 17.8. The second kappa shape index (κ2) is 9.01. The van der Waals surface area contributed by atoms with Crippen molar-refractivity contribution < 1.29 is 9.59 Å². The van der Waals surface area contributed by atoms with Crippen LogP contribution in [-0.2, 0) is 24.3 Å². The van der Waals surface area contributed by atoms with E-state index in [0.717, 1.165) is 32.4 Å². The van der Waals surface area contributed by atoms with Crippen LogP contribution in [0.1, 0.15) is 41.7 Å². The molecule has 0 spiro atoms. The van der Waals surface area contributed by atoms with E-state index < -0.39 is 0 Å². The number of carbonyl (C=O) groups is 2. The van der Waals surface area contributed by atoms with Gasteiger partial charge in [-0.1, -0.05) is 30.3 Å². The lowest BCUT2D eigenvalue weighted by atomic mass is 9.96. The van der Waals surface area contributed by atoms with Gasteiger partial charge < -0.3 is 15.5 Å². The lowest BCUT2D eigenvalue weighted by Crippen LogP contribution is -2.53. The number of amides is 3. The fraction of sp³-hybridized carbons (Fsp3) is 0.500. The van der Waals surface area contributed by atoms with E-state index in [0.29, 0.717) is 18.6 Å². The molecular formula is C24H30N4O2S. The van der Waals surface area contributed by atoms with E-state index in [4.69, 9.17) is 0 Å². The molecule has 3 aliphatic rings. The molecule has 2 bridgehead atoms. The van der Waals surface area contributed by atoms with Gasteiger partial charge in [-0.05, 0) is 54.7 Å². The molecule has 0 radical (unpaired) electrons. The lowest BCUT2D eigenvalue weighted by Gasteiger charge is -2.39. The molecule has 1 aromatic carbocycles. The highest BCUT2D eigenvalue weighted by Crippen LogP contribution is 2.36. The number of fused-ring (bicyclic) bond motifs is 3. The standard InChI is InChI=1S/C24H30N4O2S/c29-23(27-10-8-22-18(16-27)9-11-31-22)14-25-24(30)26-19-12-20-6-7-21(13-19)28(20)15-17-4-2-1-3-5-17/h1-5,9,11,19-21H,6-8,10,12-16H2,(H2,25,26,30). The Morgan fingerprint density at radius 3 is 2.61 bits per heavy atom. The fourth-order valence-corrected chi connectivity index (χ4v) is 6.30. The van der Waals surface area contributed by atoms with E-state index in [9.17, 15) is 9.59 Å².